The molecule has 106 valence electrons. The lowest BCUT2D eigenvalue weighted by atomic mass is 10.2. The van der Waals surface area contributed by atoms with Crippen molar-refractivity contribution in [2.24, 2.45) is 0 Å². The normalized spacial score (nSPS) is 12.3. The maximum absolute atomic E-state index is 12.0. The van der Waals surface area contributed by atoms with Gasteiger partial charge in [0, 0.05) is 12.7 Å². The Balaban J connectivity index is 2.70. The molecule has 0 aliphatic carbocycles. The fraction of sp³-hybridized carbons (Fsp3) is 0.417. The van der Waals surface area contributed by atoms with Gasteiger partial charge in [0.1, 0.15) is 5.75 Å². The van der Waals surface area contributed by atoms with Crippen LogP contribution in [0.5, 0.6) is 5.75 Å². The van der Waals surface area contributed by atoms with Gasteiger partial charge in [0.15, 0.2) is 0 Å². The first-order valence-electron chi connectivity index (χ1n) is 5.52. The molecular formula is C12H15F2NO4. The molecule has 0 aliphatic heterocycles. The molecule has 5 nitrogen and oxygen atoms in total. The van der Waals surface area contributed by atoms with E-state index in [1.807, 2.05) is 0 Å². The van der Waals surface area contributed by atoms with Crippen LogP contribution in [0.3, 0.4) is 0 Å². The standard InChI is InChI=1S/C12H15F2NO4/c1-18-7-9(6-16)15-11(17)8-3-2-4-10(5-8)19-12(13)14/h2-5,9,12,16H,6-7H2,1H3,(H,15,17). The minimum absolute atomic E-state index is 0.102. The van der Waals surface area contributed by atoms with E-state index in [1.165, 1.54) is 31.4 Å². The molecule has 1 rings (SSSR count). The second kappa shape index (κ2) is 7.65. The van der Waals surface area contributed by atoms with Crippen molar-refractivity contribution in [3.63, 3.8) is 0 Å². The Bertz CT molecular complexity index is 414. The fourth-order valence-corrected chi connectivity index (χ4v) is 1.42. The van der Waals surface area contributed by atoms with E-state index in [0.29, 0.717) is 0 Å². The lowest BCUT2D eigenvalue weighted by molar-refractivity contribution is -0.0498. The Labute approximate surface area is 109 Å². The van der Waals surface area contributed by atoms with Gasteiger partial charge in [0.2, 0.25) is 0 Å². The maximum Gasteiger partial charge on any atom is 0.387 e. The van der Waals surface area contributed by atoms with Crippen LogP contribution in [0.1, 0.15) is 10.4 Å². The molecule has 0 spiro atoms. The largest absolute Gasteiger partial charge is 0.435 e. The summed E-state index contributed by atoms with van der Waals surface area (Å²) in [5, 5.41) is 11.5. The van der Waals surface area contributed by atoms with Crippen LogP contribution >= 0.6 is 0 Å². The van der Waals surface area contributed by atoms with Gasteiger partial charge in [-0.15, -0.1) is 0 Å². The molecule has 0 saturated carbocycles. The molecule has 1 amide bonds. The average Bonchev–Trinajstić information content (AvgIpc) is 2.37. The number of carbonyl (C=O) groups is 1. The van der Waals surface area contributed by atoms with Crippen molar-refractivity contribution < 1.29 is 28.2 Å². The van der Waals surface area contributed by atoms with E-state index in [1.54, 1.807) is 0 Å². The lowest BCUT2D eigenvalue weighted by Gasteiger charge is -2.15. The average molecular weight is 275 g/mol. The second-order valence-corrected chi connectivity index (χ2v) is 3.71. The zero-order valence-electron chi connectivity index (χ0n) is 10.3. The van der Waals surface area contributed by atoms with E-state index < -0.39 is 18.6 Å². The highest BCUT2D eigenvalue weighted by atomic mass is 19.3. The molecule has 0 aromatic heterocycles. The number of methoxy groups -OCH3 is 1. The number of aliphatic hydroxyl groups is 1. The van der Waals surface area contributed by atoms with Crippen LogP contribution in [-0.2, 0) is 4.74 Å². The molecule has 1 unspecified atom stereocenters. The third-order valence-corrected chi connectivity index (χ3v) is 2.24. The van der Waals surface area contributed by atoms with E-state index in [0.717, 1.165) is 0 Å². The van der Waals surface area contributed by atoms with Crippen LogP contribution in [0.15, 0.2) is 24.3 Å². The molecule has 1 aromatic rings. The molecular weight excluding hydrogens is 260 g/mol. The summed E-state index contributed by atoms with van der Waals surface area (Å²) in [5.74, 6) is -0.606. The van der Waals surface area contributed by atoms with E-state index in [4.69, 9.17) is 9.84 Å². The summed E-state index contributed by atoms with van der Waals surface area (Å²) in [4.78, 5) is 11.8. The molecule has 1 aromatic carbocycles. The quantitative estimate of drug-likeness (QED) is 0.779. The molecule has 0 bridgehead atoms. The summed E-state index contributed by atoms with van der Waals surface area (Å²) in [6.45, 7) is -3.08. The van der Waals surface area contributed by atoms with Crippen molar-refractivity contribution in [2.45, 2.75) is 12.7 Å². The predicted molar refractivity (Wildman–Crippen MR) is 63.3 cm³/mol. The van der Waals surface area contributed by atoms with Crippen molar-refractivity contribution in [3.8, 4) is 5.75 Å². The number of benzene rings is 1. The summed E-state index contributed by atoms with van der Waals surface area (Å²) >= 11 is 0. The number of hydrogen-bond acceptors (Lipinski definition) is 4. The molecule has 0 radical (unpaired) electrons. The van der Waals surface area contributed by atoms with Crippen molar-refractivity contribution in [3.05, 3.63) is 29.8 Å². The summed E-state index contributed by atoms with van der Waals surface area (Å²) in [6.07, 6.45) is 0. The number of halogens is 2. The zero-order chi connectivity index (χ0) is 14.3. The highest BCUT2D eigenvalue weighted by molar-refractivity contribution is 5.94. The van der Waals surface area contributed by atoms with Gasteiger partial charge in [0.05, 0.1) is 19.3 Å². The fourth-order valence-electron chi connectivity index (χ4n) is 1.42. The third-order valence-electron chi connectivity index (χ3n) is 2.24. The molecule has 0 heterocycles. The number of nitrogens with one attached hydrogen (secondary N) is 1. The van der Waals surface area contributed by atoms with Gasteiger partial charge in [0.25, 0.3) is 5.91 Å². The van der Waals surface area contributed by atoms with Crippen LogP contribution in [0.4, 0.5) is 8.78 Å². The van der Waals surface area contributed by atoms with Gasteiger partial charge in [-0.1, -0.05) is 6.07 Å². The number of carbonyl (C=O) groups excluding carboxylic acids is 1. The summed E-state index contributed by atoms with van der Waals surface area (Å²) < 4.78 is 33.1. The van der Waals surface area contributed by atoms with Gasteiger partial charge >= 0.3 is 6.61 Å². The van der Waals surface area contributed by atoms with Crippen molar-refractivity contribution in [2.75, 3.05) is 20.3 Å². The Morgan fingerprint density at radius 1 is 1.47 bits per heavy atom. The minimum atomic E-state index is -2.95. The van der Waals surface area contributed by atoms with Crippen LogP contribution in [0.2, 0.25) is 0 Å². The topological polar surface area (TPSA) is 67.8 Å². The van der Waals surface area contributed by atoms with E-state index in [9.17, 15) is 13.6 Å². The molecule has 1 atom stereocenters. The molecule has 2 N–H and O–H groups in total. The van der Waals surface area contributed by atoms with Crippen LogP contribution in [0, 0.1) is 0 Å². The monoisotopic (exact) mass is 275 g/mol. The van der Waals surface area contributed by atoms with Gasteiger partial charge in [-0.05, 0) is 18.2 Å². The first kappa shape index (κ1) is 15.3. The van der Waals surface area contributed by atoms with Gasteiger partial charge < -0.3 is 19.9 Å². The van der Waals surface area contributed by atoms with Crippen molar-refractivity contribution in [1.29, 1.82) is 0 Å². The number of amides is 1. The number of hydrogen-bond donors (Lipinski definition) is 2. The second-order valence-electron chi connectivity index (χ2n) is 3.71. The molecule has 19 heavy (non-hydrogen) atoms. The predicted octanol–water partition coefficient (Wildman–Crippen LogP) is 1.03. The summed E-state index contributed by atoms with van der Waals surface area (Å²) in [6, 6.07) is 4.84. The Hall–Kier alpha value is -1.73. The Morgan fingerprint density at radius 3 is 2.79 bits per heavy atom. The number of rotatable bonds is 7. The van der Waals surface area contributed by atoms with Crippen LogP contribution in [0.25, 0.3) is 0 Å². The van der Waals surface area contributed by atoms with Crippen LogP contribution < -0.4 is 10.1 Å². The van der Waals surface area contributed by atoms with Crippen molar-refractivity contribution in [1.82, 2.24) is 5.32 Å². The molecule has 0 fully saturated rings. The van der Waals surface area contributed by atoms with Gasteiger partial charge in [-0.3, -0.25) is 4.79 Å². The summed E-state index contributed by atoms with van der Waals surface area (Å²) in [5.41, 5.74) is 0.160. The SMILES string of the molecule is COCC(CO)NC(=O)c1cccc(OC(F)F)c1. The number of alkyl halides is 2. The van der Waals surface area contributed by atoms with E-state index in [2.05, 4.69) is 10.1 Å². The Morgan fingerprint density at radius 2 is 2.21 bits per heavy atom. The molecule has 7 heteroatoms. The highest BCUT2D eigenvalue weighted by Crippen LogP contribution is 2.15. The highest BCUT2D eigenvalue weighted by Gasteiger charge is 2.14. The first-order valence-corrected chi connectivity index (χ1v) is 5.52. The van der Waals surface area contributed by atoms with E-state index in [-0.39, 0.29) is 24.5 Å². The number of aliphatic hydroxyl groups excluding tert-OH is 1. The first-order chi connectivity index (χ1) is 9.06. The third kappa shape index (κ3) is 5.19. The van der Waals surface area contributed by atoms with Crippen molar-refractivity contribution >= 4 is 5.91 Å². The summed E-state index contributed by atoms with van der Waals surface area (Å²) in [7, 11) is 1.44. The van der Waals surface area contributed by atoms with Gasteiger partial charge in [-0.25, -0.2) is 0 Å². The van der Waals surface area contributed by atoms with E-state index >= 15 is 0 Å². The molecule has 0 saturated heterocycles. The maximum atomic E-state index is 12.0. The van der Waals surface area contributed by atoms with Gasteiger partial charge in [-0.2, -0.15) is 8.78 Å². The Kier molecular flexibility index (Phi) is 6.17. The lowest BCUT2D eigenvalue weighted by Crippen LogP contribution is -2.40. The molecule has 0 aliphatic rings. The smallest absolute Gasteiger partial charge is 0.387 e. The van der Waals surface area contributed by atoms with Crippen LogP contribution in [-0.4, -0.2) is 44.0 Å². The minimum Gasteiger partial charge on any atom is -0.435 e. The number of ether oxygens (including phenoxy) is 2. The zero-order valence-corrected chi connectivity index (χ0v) is 10.3.